The van der Waals surface area contributed by atoms with Crippen LogP contribution in [0.3, 0.4) is 0 Å². The molecule has 1 saturated heterocycles. The molecule has 2 rings (SSSR count). The van der Waals surface area contributed by atoms with Gasteiger partial charge in [-0.1, -0.05) is 19.1 Å². The summed E-state index contributed by atoms with van der Waals surface area (Å²) >= 11 is 0. The van der Waals surface area contributed by atoms with Crippen molar-refractivity contribution in [3.8, 4) is 0 Å². The zero-order valence-electron chi connectivity index (χ0n) is 12.5. The van der Waals surface area contributed by atoms with E-state index in [9.17, 15) is 4.79 Å². The van der Waals surface area contributed by atoms with Crippen molar-refractivity contribution in [2.24, 2.45) is 0 Å². The molecule has 0 spiro atoms. The van der Waals surface area contributed by atoms with Crippen LogP contribution in [0.1, 0.15) is 38.7 Å². The van der Waals surface area contributed by atoms with E-state index in [2.05, 4.69) is 6.92 Å². The van der Waals surface area contributed by atoms with Gasteiger partial charge in [0.25, 0.3) is 0 Å². The number of hydrogen-bond acceptors (Lipinski definition) is 3. The van der Waals surface area contributed by atoms with Crippen LogP contribution in [0.4, 0.5) is 5.69 Å². The molecular formula is C16H24N2O2. The molecule has 1 heterocycles. The number of nitrogen functional groups attached to an aromatic ring is 1. The average molecular weight is 276 g/mol. The molecule has 0 saturated carbocycles. The Bertz CT molecular complexity index is 458. The summed E-state index contributed by atoms with van der Waals surface area (Å²) in [5, 5.41) is 0. The zero-order chi connectivity index (χ0) is 14.7. The molecule has 20 heavy (non-hydrogen) atoms. The van der Waals surface area contributed by atoms with Crippen molar-refractivity contribution in [3.05, 3.63) is 29.8 Å². The number of carbonyl (C=O) groups is 1. The fourth-order valence-electron chi connectivity index (χ4n) is 2.57. The molecule has 1 aromatic rings. The van der Waals surface area contributed by atoms with Gasteiger partial charge in [-0.05, 0) is 37.5 Å². The second-order valence-corrected chi connectivity index (χ2v) is 5.81. The Balaban J connectivity index is 1.98. The van der Waals surface area contributed by atoms with E-state index in [0.29, 0.717) is 19.6 Å². The SMILES string of the molecule is CC1CN(C(=O)CC(C)c2ccc(N)cc2)C(C)CO1. The fraction of sp³-hybridized carbons (Fsp3) is 0.562. The smallest absolute Gasteiger partial charge is 0.223 e. The van der Waals surface area contributed by atoms with Crippen LogP contribution >= 0.6 is 0 Å². The second kappa shape index (κ2) is 6.27. The second-order valence-electron chi connectivity index (χ2n) is 5.81. The topological polar surface area (TPSA) is 55.6 Å². The van der Waals surface area contributed by atoms with Gasteiger partial charge in [-0.25, -0.2) is 0 Å². The van der Waals surface area contributed by atoms with E-state index in [1.54, 1.807) is 0 Å². The van der Waals surface area contributed by atoms with Crippen LogP contribution in [0.15, 0.2) is 24.3 Å². The van der Waals surface area contributed by atoms with Crippen LogP contribution in [0.25, 0.3) is 0 Å². The van der Waals surface area contributed by atoms with Gasteiger partial charge in [0.2, 0.25) is 5.91 Å². The number of rotatable bonds is 3. The first kappa shape index (κ1) is 14.9. The van der Waals surface area contributed by atoms with Crippen LogP contribution in [0.2, 0.25) is 0 Å². The quantitative estimate of drug-likeness (QED) is 0.862. The highest BCUT2D eigenvalue weighted by Gasteiger charge is 2.28. The first-order valence-electron chi connectivity index (χ1n) is 7.24. The summed E-state index contributed by atoms with van der Waals surface area (Å²) in [4.78, 5) is 14.4. The van der Waals surface area contributed by atoms with Crippen LogP contribution in [-0.4, -0.2) is 36.1 Å². The van der Waals surface area contributed by atoms with Crippen LogP contribution in [0.5, 0.6) is 0 Å². The van der Waals surface area contributed by atoms with E-state index in [1.165, 1.54) is 0 Å². The van der Waals surface area contributed by atoms with Gasteiger partial charge in [-0.15, -0.1) is 0 Å². The summed E-state index contributed by atoms with van der Waals surface area (Å²) in [6.07, 6.45) is 0.656. The number of morpholine rings is 1. The predicted octanol–water partition coefficient (Wildman–Crippen LogP) is 2.40. The number of anilines is 1. The molecule has 110 valence electrons. The third kappa shape index (κ3) is 3.51. The molecule has 0 bridgehead atoms. The van der Waals surface area contributed by atoms with E-state index in [1.807, 2.05) is 43.0 Å². The maximum Gasteiger partial charge on any atom is 0.223 e. The molecule has 1 aromatic carbocycles. The molecule has 4 nitrogen and oxygen atoms in total. The predicted molar refractivity (Wildman–Crippen MR) is 80.5 cm³/mol. The average Bonchev–Trinajstić information content (AvgIpc) is 2.42. The number of nitrogens with zero attached hydrogens (tertiary/aromatic N) is 1. The highest BCUT2D eigenvalue weighted by Crippen LogP contribution is 2.23. The Morgan fingerprint density at radius 1 is 1.40 bits per heavy atom. The van der Waals surface area contributed by atoms with Gasteiger partial charge in [0, 0.05) is 18.7 Å². The highest BCUT2D eigenvalue weighted by molar-refractivity contribution is 5.77. The van der Waals surface area contributed by atoms with Gasteiger partial charge in [-0.3, -0.25) is 4.79 Å². The third-order valence-electron chi connectivity index (χ3n) is 3.91. The Morgan fingerprint density at radius 3 is 2.70 bits per heavy atom. The maximum absolute atomic E-state index is 12.5. The molecule has 0 radical (unpaired) electrons. The summed E-state index contributed by atoms with van der Waals surface area (Å²) < 4.78 is 5.57. The molecular weight excluding hydrogens is 252 g/mol. The molecule has 1 aliphatic heterocycles. The lowest BCUT2D eigenvalue weighted by Gasteiger charge is -2.37. The number of ether oxygens (including phenoxy) is 1. The van der Waals surface area contributed by atoms with Crippen molar-refractivity contribution < 1.29 is 9.53 Å². The molecule has 1 fully saturated rings. The molecule has 3 atom stereocenters. The maximum atomic E-state index is 12.5. The first-order valence-corrected chi connectivity index (χ1v) is 7.24. The minimum absolute atomic E-state index is 0.127. The standard InChI is InChI=1S/C16H24N2O2/c1-11(14-4-6-15(17)7-5-14)8-16(19)18-9-13(3)20-10-12(18)2/h4-7,11-13H,8-10,17H2,1-3H3. The van der Waals surface area contributed by atoms with Crippen molar-refractivity contribution in [1.29, 1.82) is 0 Å². The first-order chi connectivity index (χ1) is 9.47. The van der Waals surface area contributed by atoms with Gasteiger partial charge in [0.1, 0.15) is 0 Å². The Labute approximate surface area is 120 Å². The van der Waals surface area contributed by atoms with Gasteiger partial charge >= 0.3 is 0 Å². The Kier molecular flexibility index (Phi) is 4.65. The fourth-order valence-corrected chi connectivity index (χ4v) is 2.57. The molecule has 1 amide bonds. The number of hydrogen-bond donors (Lipinski definition) is 1. The van der Waals surface area contributed by atoms with E-state index < -0.39 is 0 Å². The molecule has 2 N–H and O–H groups in total. The van der Waals surface area contributed by atoms with Crippen molar-refractivity contribution >= 4 is 11.6 Å². The molecule has 4 heteroatoms. The summed E-state index contributed by atoms with van der Waals surface area (Å²) in [7, 11) is 0. The number of amides is 1. The van der Waals surface area contributed by atoms with Crippen molar-refractivity contribution in [2.75, 3.05) is 18.9 Å². The van der Waals surface area contributed by atoms with E-state index in [-0.39, 0.29) is 24.0 Å². The van der Waals surface area contributed by atoms with Crippen molar-refractivity contribution in [3.63, 3.8) is 0 Å². The summed E-state index contributed by atoms with van der Waals surface area (Å²) in [5.74, 6) is 0.408. The lowest BCUT2D eigenvalue weighted by atomic mass is 9.96. The molecule has 0 aromatic heterocycles. The van der Waals surface area contributed by atoms with Gasteiger partial charge in [-0.2, -0.15) is 0 Å². The zero-order valence-corrected chi connectivity index (χ0v) is 12.5. The van der Waals surface area contributed by atoms with E-state index >= 15 is 0 Å². The van der Waals surface area contributed by atoms with Crippen LogP contribution in [0, 0.1) is 0 Å². The summed E-state index contributed by atoms with van der Waals surface area (Å²) in [6, 6.07) is 7.93. The molecule has 1 aliphatic rings. The van der Waals surface area contributed by atoms with Crippen LogP contribution < -0.4 is 5.73 Å². The lowest BCUT2D eigenvalue weighted by Crippen LogP contribution is -2.50. The molecule has 3 unspecified atom stereocenters. The van der Waals surface area contributed by atoms with Crippen molar-refractivity contribution in [2.45, 2.75) is 45.3 Å². The lowest BCUT2D eigenvalue weighted by molar-refractivity contribution is -0.143. The number of carbonyl (C=O) groups excluding carboxylic acids is 1. The van der Waals surface area contributed by atoms with Crippen LogP contribution in [-0.2, 0) is 9.53 Å². The minimum atomic E-state index is 0.127. The van der Waals surface area contributed by atoms with E-state index in [0.717, 1.165) is 11.3 Å². The summed E-state index contributed by atoms with van der Waals surface area (Å²) in [5.41, 5.74) is 7.60. The van der Waals surface area contributed by atoms with E-state index in [4.69, 9.17) is 10.5 Å². The molecule has 0 aliphatic carbocycles. The Hall–Kier alpha value is -1.55. The Morgan fingerprint density at radius 2 is 2.05 bits per heavy atom. The minimum Gasteiger partial charge on any atom is -0.399 e. The normalized spacial score (nSPS) is 24.4. The number of benzene rings is 1. The monoisotopic (exact) mass is 276 g/mol. The third-order valence-corrected chi connectivity index (χ3v) is 3.91. The van der Waals surface area contributed by atoms with Gasteiger partial charge < -0.3 is 15.4 Å². The van der Waals surface area contributed by atoms with Gasteiger partial charge in [0.15, 0.2) is 0 Å². The van der Waals surface area contributed by atoms with Crippen molar-refractivity contribution in [1.82, 2.24) is 4.90 Å². The highest BCUT2D eigenvalue weighted by atomic mass is 16.5. The largest absolute Gasteiger partial charge is 0.399 e. The number of nitrogens with two attached hydrogens (primary N) is 1. The van der Waals surface area contributed by atoms with Gasteiger partial charge in [0.05, 0.1) is 18.8 Å². The summed E-state index contributed by atoms with van der Waals surface area (Å²) in [6.45, 7) is 7.45.